The Morgan fingerprint density at radius 1 is 1.43 bits per heavy atom. The molecule has 1 heterocycles. The van der Waals surface area contributed by atoms with Gasteiger partial charge in [0, 0.05) is 18.8 Å². The molecule has 0 spiro atoms. The molecule has 0 amide bonds. The van der Waals surface area contributed by atoms with E-state index in [9.17, 15) is 13.2 Å². The van der Waals surface area contributed by atoms with Crippen LogP contribution in [0.2, 0.25) is 0 Å². The number of alkyl halides is 3. The minimum atomic E-state index is -4.57. The van der Waals surface area contributed by atoms with E-state index in [4.69, 9.17) is 5.11 Å². The first-order valence-corrected chi connectivity index (χ1v) is 4.05. The van der Waals surface area contributed by atoms with Gasteiger partial charge in [-0.05, 0) is 18.1 Å². The fourth-order valence-electron chi connectivity index (χ4n) is 1.07. The van der Waals surface area contributed by atoms with Crippen molar-refractivity contribution >= 4 is 0 Å². The predicted molar refractivity (Wildman–Crippen MR) is 44.7 cm³/mol. The van der Waals surface area contributed by atoms with Gasteiger partial charge in [0.1, 0.15) is 0 Å². The molecular formula is C9H10F3NO. The molecule has 1 aromatic rings. The Hall–Kier alpha value is -1.10. The number of aryl methyl sites for hydroxylation is 1. The molecule has 0 aliphatic heterocycles. The first-order valence-electron chi connectivity index (χ1n) is 4.05. The standard InChI is InChI=1S/C9H10F3NO/c1-6-2-7(5-13-4-6)3-8(14)9(10,11)12/h2,4-5,8,14H,3H2,1H3. The van der Waals surface area contributed by atoms with Crippen molar-refractivity contribution in [3.63, 3.8) is 0 Å². The highest BCUT2D eigenvalue weighted by atomic mass is 19.4. The average Bonchev–Trinajstić information content (AvgIpc) is 2.02. The van der Waals surface area contributed by atoms with Crippen LogP contribution < -0.4 is 0 Å². The van der Waals surface area contributed by atoms with Crippen molar-refractivity contribution in [2.24, 2.45) is 0 Å². The maximum atomic E-state index is 12.0. The van der Waals surface area contributed by atoms with E-state index in [0.717, 1.165) is 5.56 Å². The van der Waals surface area contributed by atoms with Gasteiger partial charge in [0.05, 0.1) is 0 Å². The van der Waals surface area contributed by atoms with Gasteiger partial charge in [0.25, 0.3) is 0 Å². The summed E-state index contributed by atoms with van der Waals surface area (Å²) >= 11 is 0. The van der Waals surface area contributed by atoms with Crippen LogP contribution >= 0.6 is 0 Å². The Morgan fingerprint density at radius 2 is 2.07 bits per heavy atom. The van der Waals surface area contributed by atoms with Crippen LogP contribution in [-0.2, 0) is 6.42 Å². The van der Waals surface area contributed by atoms with E-state index in [-0.39, 0.29) is 0 Å². The molecule has 1 unspecified atom stereocenters. The Bertz CT molecular complexity index is 311. The third kappa shape index (κ3) is 2.99. The molecule has 1 N–H and O–H groups in total. The highest BCUT2D eigenvalue weighted by Gasteiger charge is 2.37. The van der Waals surface area contributed by atoms with Gasteiger partial charge in [-0.15, -0.1) is 0 Å². The molecule has 0 aliphatic carbocycles. The molecule has 1 rings (SSSR count). The molecule has 0 bridgehead atoms. The van der Waals surface area contributed by atoms with Gasteiger partial charge in [-0.2, -0.15) is 13.2 Å². The van der Waals surface area contributed by atoms with Crippen LogP contribution in [0.5, 0.6) is 0 Å². The molecule has 0 fully saturated rings. The molecule has 0 radical (unpaired) electrons. The maximum absolute atomic E-state index is 12.0. The Morgan fingerprint density at radius 3 is 2.57 bits per heavy atom. The Kier molecular flexibility index (Phi) is 3.10. The summed E-state index contributed by atoms with van der Waals surface area (Å²) in [4.78, 5) is 3.74. The number of nitrogens with zero attached hydrogens (tertiary/aromatic N) is 1. The molecule has 0 aromatic carbocycles. The van der Waals surface area contributed by atoms with Crippen LogP contribution in [0.3, 0.4) is 0 Å². The zero-order chi connectivity index (χ0) is 10.8. The van der Waals surface area contributed by atoms with E-state index in [0.29, 0.717) is 5.56 Å². The summed E-state index contributed by atoms with van der Waals surface area (Å²) in [7, 11) is 0. The van der Waals surface area contributed by atoms with Crippen molar-refractivity contribution in [1.29, 1.82) is 0 Å². The molecule has 0 aliphatic rings. The van der Waals surface area contributed by atoms with E-state index in [2.05, 4.69) is 4.98 Å². The summed E-state index contributed by atoms with van der Waals surface area (Å²) < 4.78 is 35.9. The van der Waals surface area contributed by atoms with Crippen LogP contribution in [0.1, 0.15) is 11.1 Å². The fraction of sp³-hybridized carbons (Fsp3) is 0.444. The van der Waals surface area contributed by atoms with Crippen LogP contribution in [-0.4, -0.2) is 22.4 Å². The van der Waals surface area contributed by atoms with Crippen molar-refractivity contribution in [1.82, 2.24) is 4.98 Å². The smallest absolute Gasteiger partial charge is 0.383 e. The summed E-state index contributed by atoms with van der Waals surface area (Å²) in [6.45, 7) is 1.73. The molecule has 78 valence electrons. The highest BCUT2D eigenvalue weighted by Crippen LogP contribution is 2.22. The number of hydrogen-bond acceptors (Lipinski definition) is 2. The molecule has 1 atom stereocenters. The van der Waals surface area contributed by atoms with E-state index in [1.54, 1.807) is 19.2 Å². The SMILES string of the molecule is Cc1cncc(CC(O)C(F)(F)F)c1. The topological polar surface area (TPSA) is 33.1 Å². The highest BCUT2D eigenvalue weighted by molar-refractivity contribution is 5.17. The normalized spacial score (nSPS) is 14.1. The van der Waals surface area contributed by atoms with Gasteiger partial charge in [0.2, 0.25) is 0 Å². The van der Waals surface area contributed by atoms with Crippen molar-refractivity contribution in [3.8, 4) is 0 Å². The number of hydrogen-bond donors (Lipinski definition) is 1. The maximum Gasteiger partial charge on any atom is 0.414 e. The first kappa shape index (κ1) is 11.0. The van der Waals surface area contributed by atoms with E-state index >= 15 is 0 Å². The monoisotopic (exact) mass is 205 g/mol. The lowest BCUT2D eigenvalue weighted by Gasteiger charge is -2.14. The van der Waals surface area contributed by atoms with Gasteiger partial charge in [-0.25, -0.2) is 0 Å². The lowest BCUT2D eigenvalue weighted by molar-refractivity contribution is -0.203. The molecule has 2 nitrogen and oxygen atoms in total. The lowest BCUT2D eigenvalue weighted by atomic mass is 10.1. The third-order valence-electron chi connectivity index (χ3n) is 1.74. The Labute approximate surface area is 79.4 Å². The van der Waals surface area contributed by atoms with Gasteiger partial charge in [-0.1, -0.05) is 6.07 Å². The molecule has 5 heteroatoms. The molecule has 0 saturated heterocycles. The van der Waals surface area contributed by atoms with Gasteiger partial charge in [0.15, 0.2) is 6.10 Å². The number of rotatable bonds is 2. The molecular weight excluding hydrogens is 195 g/mol. The lowest BCUT2D eigenvalue weighted by Crippen LogP contribution is -2.30. The van der Waals surface area contributed by atoms with Crippen molar-refractivity contribution < 1.29 is 18.3 Å². The van der Waals surface area contributed by atoms with Crippen molar-refractivity contribution in [2.45, 2.75) is 25.6 Å². The average molecular weight is 205 g/mol. The van der Waals surface area contributed by atoms with E-state index in [1.807, 2.05) is 0 Å². The number of halogens is 3. The second kappa shape index (κ2) is 3.96. The number of aliphatic hydroxyl groups is 1. The quantitative estimate of drug-likeness (QED) is 0.799. The Balaban J connectivity index is 2.70. The minimum Gasteiger partial charge on any atom is -0.383 e. The van der Waals surface area contributed by atoms with Gasteiger partial charge < -0.3 is 5.11 Å². The van der Waals surface area contributed by atoms with Gasteiger partial charge >= 0.3 is 6.18 Å². The van der Waals surface area contributed by atoms with Crippen LogP contribution in [0.15, 0.2) is 18.5 Å². The first-order chi connectivity index (χ1) is 6.39. The van der Waals surface area contributed by atoms with E-state index in [1.165, 1.54) is 6.20 Å². The number of aliphatic hydroxyl groups excluding tert-OH is 1. The molecule has 0 saturated carbocycles. The van der Waals surface area contributed by atoms with E-state index < -0.39 is 18.7 Å². The van der Waals surface area contributed by atoms with Crippen LogP contribution in [0.25, 0.3) is 0 Å². The number of aromatic nitrogens is 1. The second-order valence-corrected chi connectivity index (χ2v) is 3.13. The minimum absolute atomic E-state index is 0.384. The van der Waals surface area contributed by atoms with Crippen molar-refractivity contribution in [2.75, 3.05) is 0 Å². The predicted octanol–water partition coefficient (Wildman–Crippen LogP) is 1.86. The van der Waals surface area contributed by atoms with Gasteiger partial charge in [-0.3, -0.25) is 4.98 Å². The summed E-state index contributed by atoms with van der Waals surface area (Å²) in [6.07, 6.45) is -4.46. The zero-order valence-electron chi connectivity index (χ0n) is 7.54. The summed E-state index contributed by atoms with van der Waals surface area (Å²) in [5.41, 5.74) is 1.16. The van der Waals surface area contributed by atoms with Crippen LogP contribution in [0.4, 0.5) is 13.2 Å². The van der Waals surface area contributed by atoms with Crippen LogP contribution in [0, 0.1) is 6.92 Å². The molecule has 14 heavy (non-hydrogen) atoms. The van der Waals surface area contributed by atoms with Crippen molar-refractivity contribution in [3.05, 3.63) is 29.6 Å². The third-order valence-corrected chi connectivity index (χ3v) is 1.74. The number of pyridine rings is 1. The second-order valence-electron chi connectivity index (χ2n) is 3.13. The fourth-order valence-corrected chi connectivity index (χ4v) is 1.07. The largest absolute Gasteiger partial charge is 0.414 e. The zero-order valence-corrected chi connectivity index (χ0v) is 7.54. The molecule has 1 aromatic heterocycles. The summed E-state index contributed by atoms with van der Waals surface area (Å²) in [5.74, 6) is 0. The summed E-state index contributed by atoms with van der Waals surface area (Å²) in [6, 6.07) is 1.57. The summed E-state index contributed by atoms with van der Waals surface area (Å²) in [5, 5.41) is 8.78.